The van der Waals surface area contributed by atoms with Crippen LogP contribution < -0.4 is 16.6 Å². The highest BCUT2D eigenvalue weighted by Gasteiger charge is 1.96. The molecule has 3 heteroatoms. The monoisotopic (exact) mass is 165 g/mol. The van der Waals surface area contributed by atoms with Gasteiger partial charge in [0.1, 0.15) is 0 Å². The van der Waals surface area contributed by atoms with Gasteiger partial charge < -0.3 is 10.7 Å². The van der Waals surface area contributed by atoms with Gasteiger partial charge in [0.2, 0.25) is 0 Å². The number of hydrogen-bond donors (Lipinski definition) is 3. The first-order chi connectivity index (χ1) is 5.79. The summed E-state index contributed by atoms with van der Waals surface area (Å²) in [6.45, 7) is 7.16. The predicted octanol–water partition coefficient (Wildman–Crippen LogP) is 0.809. The molecule has 0 saturated carbocycles. The van der Waals surface area contributed by atoms with E-state index in [-0.39, 0.29) is 0 Å². The topological polar surface area (TPSA) is 50.1 Å². The molecule has 0 atom stereocenters. The summed E-state index contributed by atoms with van der Waals surface area (Å²) in [6.07, 6.45) is 6.92. The fourth-order valence-electron chi connectivity index (χ4n) is 0.759. The second kappa shape index (κ2) is 6.24. The van der Waals surface area contributed by atoms with Crippen LogP contribution in [0, 0.1) is 0 Å². The van der Waals surface area contributed by atoms with Crippen molar-refractivity contribution in [1.82, 2.24) is 10.7 Å². The molecule has 0 amide bonds. The van der Waals surface area contributed by atoms with Crippen LogP contribution >= 0.6 is 0 Å². The van der Waals surface area contributed by atoms with Crippen LogP contribution in [0.1, 0.15) is 0 Å². The molecule has 0 aromatic carbocycles. The number of hydrazine groups is 1. The van der Waals surface area contributed by atoms with Crippen LogP contribution in [-0.2, 0) is 0 Å². The quantitative estimate of drug-likeness (QED) is 0.321. The molecule has 0 fully saturated rings. The van der Waals surface area contributed by atoms with E-state index >= 15 is 0 Å². The van der Waals surface area contributed by atoms with Gasteiger partial charge in [-0.2, -0.15) is 0 Å². The molecule has 0 unspecified atom stereocenters. The average molecular weight is 165 g/mol. The molecular formula is C9H15N3. The highest BCUT2D eigenvalue weighted by atomic mass is 15.2. The third kappa shape index (κ3) is 3.07. The Morgan fingerprint density at radius 2 is 1.67 bits per heavy atom. The van der Waals surface area contributed by atoms with E-state index in [9.17, 15) is 0 Å². The van der Waals surface area contributed by atoms with Gasteiger partial charge in [-0.1, -0.05) is 25.3 Å². The zero-order valence-electron chi connectivity index (χ0n) is 7.30. The smallest absolute Gasteiger partial charge is 0.0717 e. The van der Waals surface area contributed by atoms with Gasteiger partial charge >= 0.3 is 0 Å². The molecule has 3 nitrogen and oxygen atoms in total. The number of hydrogen-bond acceptors (Lipinski definition) is 3. The molecule has 0 rings (SSSR count). The van der Waals surface area contributed by atoms with E-state index in [1.807, 2.05) is 13.1 Å². The largest absolute Gasteiger partial charge is 0.386 e. The van der Waals surface area contributed by atoms with E-state index in [0.717, 1.165) is 11.4 Å². The molecule has 0 aromatic heterocycles. The third-order valence-electron chi connectivity index (χ3n) is 1.28. The van der Waals surface area contributed by atoms with E-state index in [1.165, 1.54) is 0 Å². The maximum Gasteiger partial charge on any atom is 0.0717 e. The first-order valence-corrected chi connectivity index (χ1v) is 3.60. The fourth-order valence-corrected chi connectivity index (χ4v) is 0.759. The molecule has 66 valence electrons. The summed E-state index contributed by atoms with van der Waals surface area (Å²) in [5, 5.41) is 2.97. The molecule has 0 radical (unpaired) electrons. The molecule has 4 N–H and O–H groups in total. The van der Waals surface area contributed by atoms with Crippen molar-refractivity contribution in [3.05, 3.63) is 48.9 Å². The molecule has 0 heterocycles. The second-order valence-corrected chi connectivity index (χ2v) is 2.03. The molecule has 0 bridgehead atoms. The molecule has 0 aliphatic rings. The van der Waals surface area contributed by atoms with Gasteiger partial charge in [0.15, 0.2) is 0 Å². The molecule has 0 spiro atoms. The zero-order valence-corrected chi connectivity index (χ0v) is 7.30. The maximum absolute atomic E-state index is 5.28. The fraction of sp³-hybridized carbons (Fsp3) is 0.111. The van der Waals surface area contributed by atoms with E-state index in [0.29, 0.717) is 0 Å². The van der Waals surface area contributed by atoms with Crippen molar-refractivity contribution >= 4 is 0 Å². The summed E-state index contributed by atoms with van der Waals surface area (Å²) in [5.41, 5.74) is 4.19. The van der Waals surface area contributed by atoms with Crippen molar-refractivity contribution < 1.29 is 0 Å². The van der Waals surface area contributed by atoms with Crippen LogP contribution in [0.3, 0.4) is 0 Å². The summed E-state index contributed by atoms with van der Waals surface area (Å²) in [6, 6.07) is 0. The number of likely N-dealkylation sites (N-methyl/N-ethyl adjacent to an activating group) is 1. The Bertz CT molecular complexity index is 190. The number of rotatable bonds is 5. The SMILES string of the molecule is C=C/C=C(NC)\C(=C/C=C)NN. The third-order valence-corrected chi connectivity index (χ3v) is 1.28. The lowest BCUT2D eigenvalue weighted by molar-refractivity contribution is 0.847. The lowest BCUT2D eigenvalue weighted by atomic mass is 10.3. The van der Waals surface area contributed by atoms with Crippen molar-refractivity contribution in [2.45, 2.75) is 0 Å². The van der Waals surface area contributed by atoms with Crippen LogP contribution in [0.25, 0.3) is 0 Å². The lowest BCUT2D eigenvalue weighted by Gasteiger charge is -2.09. The lowest BCUT2D eigenvalue weighted by Crippen LogP contribution is -2.26. The van der Waals surface area contributed by atoms with Crippen LogP contribution in [0.15, 0.2) is 48.9 Å². The molecule has 0 aromatic rings. The number of allylic oxidation sites excluding steroid dienone is 4. The van der Waals surface area contributed by atoms with Crippen molar-refractivity contribution in [2.24, 2.45) is 5.84 Å². The first kappa shape index (κ1) is 10.5. The maximum atomic E-state index is 5.28. The minimum absolute atomic E-state index is 0.771. The summed E-state index contributed by atoms with van der Waals surface area (Å²) in [5.74, 6) is 5.28. The van der Waals surface area contributed by atoms with Gasteiger partial charge in [-0.15, -0.1) is 0 Å². The Kier molecular flexibility index (Phi) is 5.47. The van der Waals surface area contributed by atoms with Gasteiger partial charge in [-0.3, -0.25) is 5.84 Å². The molecule has 0 aliphatic heterocycles. The van der Waals surface area contributed by atoms with E-state index in [1.54, 1.807) is 18.2 Å². The van der Waals surface area contributed by atoms with Crippen molar-refractivity contribution in [3.63, 3.8) is 0 Å². The Balaban J connectivity index is 4.66. The van der Waals surface area contributed by atoms with Crippen LogP contribution in [0.4, 0.5) is 0 Å². The molecular weight excluding hydrogens is 150 g/mol. The Morgan fingerprint density at radius 1 is 1.17 bits per heavy atom. The van der Waals surface area contributed by atoms with E-state index in [4.69, 9.17) is 5.84 Å². The number of nitrogens with one attached hydrogen (secondary N) is 2. The van der Waals surface area contributed by atoms with Crippen molar-refractivity contribution in [1.29, 1.82) is 0 Å². The summed E-state index contributed by atoms with van der Waals surface area (Å²) < 4.78 is 0. The Labute approximate surface area is 73.3 Å². The highest BCUT2D eigenvalue weighted by Crippen LogP contribution is 2.01. The van der Waals surface area contributed by atoms with E-state index in [2.05, 4.69) is 23.9 Å². The van der Waals surface area contributed by atoms with Gasteiger partial charge in [-0.25, -0.2) is 0 Å². The molecule has 0 saturated heterocycles. The summed E-state index contributed by atoms with van der Waals surface area (Å²) in [7, 11) is 1.81. The molecule has 0 aliphatic carbocycles. The van der Waals surface area contributed by atoms with E-state index < -0.39 is 0 Å². The van der Waals surface area contributed by atoms with Crippen LogP contribution in [0.5, 0.6) is 0 Å². The highest BCUT2D eigenvalue weighted by molar-refractivity contribution is 5.32. The summed E-state index contributed by atoms with van der Waals surface area (Å²) in [4.78, 5) is 0. The predicted molar refractivity (Wildman–Crippen MR) is 52.9 cm³/mol. The van der Waals surface area contributed by atoms with Crippen molar-refractivity contribution in [3.8, 4) is 0 Å². The minimum Gasteiger partial charge on any atom is -0.386 e. The first-order valence-electron chi connectivity index (χ1n) is 3.60. The van der Waals surface area contributed by atoms with Gasteiger partial charge in [-0.05, 0) is 12.2 Å². The van der Waals surface area contributed by atoms with Crippen molar-refractivity contribution in [2.75, 3.05) is 7.05 Å². The standard InChI is InChI=1S/C9H15N3/c1-4-6-8(11-3)9(12-10)7-5-2/h4-7,11-12H,1-2,10H2,3H3/b8-6+,9-7+. The minimum atomic E-state index is 0.771. The van der Waals surface area contributed by atoms with Gasteiger partial charge in [0.05, 0.1) is 11.4 Å². The normalized spacial score (nSPS) is 12.2. The number of nitrogens with two attached hydrogens (primary N) is 1. The Morgan fingerprint density at radius 3 is 2.00 bits per heavy atom. The van der Waals surface area contributed by atoms with Crippen LogP contribution in [-0.4, -0.2) is 7.05 Å². The molecule has 12 heavy (non-hydrogen) atoms. The van der Waals surface area contributed by atoms with Crippen LogP contribution in [0.2, 0.25) is 0 Å². The Hall–Kier alpha value is -1.48. The average Bonchev–Trinajstić information content (AvgIpc) is 2.11. The second-order valence-electron chi connectivity index (χ2n) is 2.03. The zero-order chi connectivity index (χ0) is 9.40. The summed E-state index contributed by atoms with van der Waals surface area (Å²) >= 11 is 0. The van der Waals surface area contributed by atoms with Gasteiger partial charge in [0.25, 0.3) is 0 Å². The van der Waals surface area contributed by atoms with Gasteiger partial charge in [0, 0.05) is 7.05 Å².